The van der Waals surface area contributed by atoms with E-state index in [2.05, 4.69) is 49.9 Å². The standard InChI is InChI=1S/C11H14Br2N2/c1-2-3-4-11(15-14)9-6-5-8(12)7-10(9)13/h2,5-7,11,15H,1,3-4,14H2. The van der Waals surface area contributed by atoms with Gasteiger partial charge < -0.3 is 0 Å². The highest BCUT2D eigenvalue weighted by Crippen LogP contribution is 2.28. The van der Waals surface area contributed by atoms with Crippen LogP contribution in [0.1, 0.15) is 24.4 Å². The Morgan fingerprint density at radius 1 is 1.47 bits per heavy atom. The number of halogens is 2. The average Bonchev–Trinajstić information content (AvgIpc) is 2.21. The predicted molar refractivity (Wildman–Crippen MR) is 71.3 cm³/mol. The van der Waals surface area contributed by atoms with Crippen molar-refractivity contribution in [2.45, 2.75) is 18.9 Å². The summed E-state index contributed by atoms with van der Waals surface area (Å²) in [5, 5.41) is 0. The maximum absolute atomic E-state index is 5.54. The van der Waals surface area contributed by atoms with Gasteiger partial charge in [-0.05, 0) is 30.5 Å². The lowest BCUT2D eigenvalue weighted by molar-refractivity contribution is 0.519. The summed E-state index contributed by atoms with van der Waals surface area (Å²) < 4.78 is 2.11. The van der Waals surface area contributed by atoms with Crippen LogP contribution < -0.4 is 11.3 Å². The first-order valence-corrected chi connectivity index (χ1v) is 6.29. The van der Waals surface area contributed by atoms with Crippen LogP contribution in [0.3, 0.4) is 0 Å². The largest absolute Gasteiger partial charge is 0.271 e. The molecule has 4 heteroatoms. The van der Waals surface area contributed by atoms with Crippen molar-refractivity contribution in [2.24, 2.45) is 5.84 Å². The normalized spacial score (nSPS) is 12.5. The summed E-state index contributed by atoms with van der Waals surface area (Å²) in [5.41, 5.74) is 3.99. The molecule has 1 atom stereocenters. The van der Waals surface area contributed by atoms with Crippen molar-refractivity contribution in [3.63, 3.8) is 0 Å². The van der Waals surface area contributed by atoms with E-state index in [1.165, 1.54) is 5.56 Å². The van der Waals surface area contributed by atoms with Crippen molar-refractivity contribution in [3.8, 4) is 0 Å². The number of hydrazine groups is 1. The van der Waals surface area contributed by atoms with Crippen LogP contribution in [0.15, 0.2) is 39.8 Å². The Balaban J connectivity index is 2.86. The summed E-state index contributed by atoms with van der Waals surface area (Å²) in [4.78, 5) is 0. The molecule has 3 N–H and O–H groups in total. The number of hydrogen-bond acceptors (Lipinski definition) is 2. The molecule has 0 aliphatic carbocycles. The van der Waals surface area contributed by atoms with Gasteiger partial charge in [0.2, 0.25) is 0 Å². The Kier molecular flexibility index (Phi) is 5.53. The first kappa shape index (κ1) is 12.9. The van der Waals surface area contributed by atoms with Crippen molar-refractivity contribution < 1.29 is 0 Å². The zero-order chi connectivity index (χ0) is 11.3. The fraction of sp³-hybridized carbons (Fsp3) is 0.273. The van der Waals surface area contributed by atoms with Gasteiger partial charge in [-0.15, -0.1) is 6.58 Å². The van der Waals surface area contributed by atoms with E-state index in [4.69, 9.17) is 5.84 Å². The van der Waals surface area contributed by atoms with Crippen LogP contribution in [-0.4, -0.2) is 0 Å². The molecule has 0 heterocycles. The fourth-order valence-electron chi connectivity index (χ4n) is 1.40. The summed E-state index contributed by atoms with van der Waals surface area (Å²) >= 11 is 6.95. The number of nitrogens with two attached hydrogens (primary N) is 1. The van der Waals surface area contributed by atoms with E-state index < -0.39 is 0 Å². The minimum absolute atomic E-state index is 0.158. The molecule has 15 heavy (non-hydrogen) atoms. The van der Waals surface area contributed by atoms with Crippen LogP contribution in [-0.2, 0) is 0 Å². The van der Waals surface area contributed by atoms with Gasteiger partial charge in [0.15, 0.2) is 0 Å². The van der Waals surface area contributed by atoms with Crippen LogP contribution in [0.2, 0.25) is 0 Å². The SMILES string of the molecule is C=CCCC(NN)c1ccc(Br)cc1Br. The predicted octanol–water partition coefficient (Wildman–Crippen LogP) is 3.68. The second-order valence-corrected chi connectivity index (χ2v) is 5.02. The highest BCUT2D eigenvalue weighted by atomic mass is 79.9. The Hall–Kier alpha value is -0.160. The van der Waals surface area contributed by atoms with Crippen molar-refractivity contribution >= 4 is 31.9 Å². The van der Waals surface area contributed by atoms with Gasteiger partial charge in [-0.2, -0.15) is 0 Å². The molecule has 1 rings (SSSR count). The molecular weight excluding hydrogens is 320 g/mol. The number of benzene rings is 1. The van der Waals surface area contributed by atoms with Crippen molar-refractivity contribution in [2.75, 3.05) is 0 Å². The minimum atomic E-state index is 0.158. The third kappa shape index (κ3) is 3.72. The molecule has 0 radical (unpaired) electrons. The molecule has 0 saturated carbocycles. The topological polar surface area (TPSA) is 38.0 Å². The molecular formula is C11H14Br2N2. The molecule has 0 spiro atoms. The molecule has 82 valence electrons. The molecule has 0 fully saturated rings. The van der Waals surface area contributed by atoms with Gasteiger partial charge in [-0.1, -0.05) is 44.0 Å². The first-order chi connectivity index (χ1) is 7.19. The van der Waals surface area contributed by atoms with Crippen molar-refractivity contribution in [1.82, 2.24) is 5.43 Å². The highest BCUT2D eigenvalue weighted by molar-refractivity contribution is 9.11. The van der Waals surface area contributed by atoms with E-state index >= 15 is 0 Å². The summed E-state index contributed by atoms with van der Waals surface area (Å²) in [6.07, 6.45) is 3.79. The molecule has 0 aliphatic heterocycles. The van der Waals surface area contributed by atoms with E-state index in [-0.39, 0.29) is 6.04 Å². The summed E-state index contributed by atoms with van der Waals surface area (Å²) in [6, 6.07) is 6.25. The molecule has 2 nitrogen and oxygen atoms in total. The molecule has 1 unspecified atom stereocenters. The van der Waals surface area contributed by atoms with Crippen molar-refractivity contribution in [3.05, 3.63) is 45.4 Å². The molecule has 0 aromatic heterocycles. The van der Waals surface area contributed by atoms with E-state index in [0.29, 0.717) is 0 Å². The second kappa shape index (κ2) is 6.43. The van der Waals surface area contributed by atoms with Crippen LogP contribution in [0.5, 0.6) is 0 Å². The zero-order valence-corrected chi connectivity index (χ0v) is 11.5. The third-order valence-electron chi connectivity index (χ3n) is 2.20. The van der Waals surface area contributed by atoms with Crippen LogP contribution in [0, 0.1) is 0 Å². The number of nitrogens with one attached hydrogen (secondary N) is 1. The average molecular weight is 334 g/mol. The summed E-state index contributed by atoms with van der Waals surface area (Å²) in [6.45, 7) is 3.71. The zero-order valence-electron chi connectivity index (χ0n) is 8.34. The highest BCUT2D eigenvalue weighted by Gasteiger charge is 2.11. The van der Waals surface area contributed by atoms with Crippen LogP contribution in [0.4, 0.5) is 0 Å². The van der Waals surface area contributed by atoms with Gasteiger partial charge in [-0.3, -0.25) is 11.3 Å². The Labute approximate surface area is 107 Å². The lowest BCUT2D eigenvalue weighted by Gasteiger charge is -2.17. The van der Waals surface area contributed by atoms with Gasteiger partial charge in [0, 0.05) is 15.0 Å². The van der Waals surface area contributed by atoms with E-state index in [1.54, 1.807) is 0 Å². The Bertz CT molecular complexity index is 339. The molecule has 0 aliphatic rings. The number of allylic oxidation sites excluding steroid dienone is 1. The third-order valence-corrected chi connectivity index (χ3v) is 3.38. The van der Waals surface area contributed by atoms with Gasteiger partial charge in [-0.25, -0.2) is 0 Å². The van der Waals surface area contributed by atoms with E-state index in [1.807, 2.05) is 18.2 Å². The lowest BCUT2D eigenvalue weighted by Crippen LogP contribution is -2.28. The van der Waals surface area contributed by atoms with E-state index in [0.717, 1.165) is 21.8 Å². The number of hydrogen-bond donors (Lipinski definition) is 2. The second-order valence-electron chi connectivity index (χ2n) is 3.25. The summed E-state index contributed by atoms with van der Waals surface area (Å²) in [7, 11) is 0. The Morgan fingerprint density at radius 2 is 2.20 bits per heavy atom. The minimum Gasteiger partial charge on any atom is -0.271 e. The molecule has 1 aromatic carbocycles. The van der Waals surface area contributed by atoms with Gasteiger partial charge in [0.05, 0.1) is 0 Å². The van der Waals surface area contributed by atoms with Gasteiger partial charge >= 0.3 is 0 Å². The van der Waals surface area contributed by atoms with Crippen LogP contribution in [0.25, 0.3) is 0 Å². The quantitative estimate of drug-likeness (QED) is 0.490. The smallest absolute Gasteiger partial charge is 0.0474 e. The van der Waals surface area contributed by atoms with Crippen molar-refractivity contribution in [1.29, 1.82) is 0 Å². The molecule has 0 saturated heterocycles. The van der Waals surface area contributed by atoms with Gasteiger partial charge in [0.25, 0.3) is 0 Å². The van der Waals surface area contributed by atoms with Crippen LogP contribution >= 0.6 is 31.9 Å². The molecule has 0 amide bonds. The fourth-order valence-corrected chi connectivity index (χ4v) is 2.72. The van der Waals surface area contributed by atoms with Gasteiger partial charge in [0.1, 0.15) is 0 Å². The number of rotatable bonds is 5. The maximum Gasteiger partial charge on any atom is 0.0474 e. The van der Waals surface area contributed by atoms with E-state index in [9.17, 15) is 0 Å². The summed E-state index contributed by atoms with van der Waals surface area (Å²) in [5.74, 6) is 5.54. The molecule has 0 bridgehead atoms. The monoisotopic (exact) mass is 332 g/mol. The lowest BCUT2D eigenvalue weighted by atomic mass is 10.0. The molecule has 1 aromatic rings. The first-order valence-electron chi connectivity index (χ1n) is 4.71. The Morgan fingerprint density at radius 3 is 2.73 bits per heavy atom. The maximum atomic E-state index is 5.54.